The van der Waals surface area contributed by atoms with Gasteiger partial charge in [0.2, 0.25) is 0 Å². The Hall–Kier alpha value is -1.45. The molecule has 3 nitrogen and oxygen atoms in total. The number of aromatic nitrogens is 1. The first-order valence-electron chi connectivity index (χ1n) is 6.58. The van der Waals surface area contributed by atoms with E-state index >= 15 is 0 Å². The molecule has 2 heterocycles. The number of nitrogens with one attached hydrogen (secondary N) is 1. The summed E-state index contributed by atoms with van der Waals surface area (Å²) < 4.78 is 0. The van der Waals surface area contributed by atoms with E-state index in [2.05, 4.69) is 46.5 Å². The Labute approximate surface area is 108 Å². The Bertz CT molecular complexity index is 527. The number of para-hydroxylation sites is 1. The quantitative estimate of drug-likeness (QED) is 0.891. The highest BCUT2D eigenvalue weighted by Gasteiger charge is 2.19. The number of pyridine rings is 1. The van der Waals surface area contributed by atoms with Crippen LogP contribution in [0, 0.1) is 0 Å². The van der Waals surface area contributed by atoms with Crippen LogP contribution >= 0.6 is 0 Å². The molecule has 0 saturated carbocycles. The summed E-state index contributed by atoms with van der Waals surface area (Å²) in [5.41, 5.74) is 2.46. The summed E-state index contributed by atoms with van der Waals surface area (Å²) in [7, 11) is 2.21. The lowest BCUT2D eigenvalue weighted by Crippen LogP contribution is -2.32. The fraction of sp³-hybridized carbons (Fsp3) is 0.400. The van der Waals surface area contributed by atoms with Crippen LogP contribution < -0.4 is 5.32 Å². The molecule has 1 aromatic heterocycles. The number of rotatable bonds is 3. The summed E-state index contributed by atoms with van der Waals surface area (Å²) in [6.45, 7) is 3.22. The maximum Gasteiger partial charge on any atom is 0.0746 e. The molecule has 2 aromatic rings. The second-order valence-electron chi connectivity index (χ2n) is 5.05. The van der Waals surface area contributed by atoms with Crippen LogP contribution in [-0.4, -0.2) is 36.1 Å². The van der Waals surface area contributed by atoms with Crippen molar-refractivity contribution >= 4 is 10.9 Å². The third kappa shape index (κ3) is 2.24. The second-order valence-corrected chi connectivity index (χ2v) is 5.05. The van der Waals surface area contributed by atoms with Gasteiger partial charge in [-0.1, -0.05) is 24.3 Å². The van der Waals surface area contributed by atoms with E-state index in [-0.39, 0.29) is 0 Å². The lowest BCUT2D eigenvalue weighted by atomic mass is 10.1. The van der Waals surface area contributed by atoms with Crippen molar-refractivity contribution in [3.8, 4) is 0 Å². The van der Waals surface area contributed by atoms with Gasteiger partial charge in [0.15, 0.2) is 0 Å². The van der Waals surface area contributed by atoms with Gasteiger partial charge in [0.05, 0.1) is 5.52 Å². The SMILES string of the molecule is CN(Cc1cccc2cccnc12)C1CCNC1. The van der Waals surface area contributed by atoms with Crippen molar-refractivity contribution in [2.75, 3.05) is 20.1 Å². The summed E-state index contributed by atoms with van der Waals surface area (Å²) >= 11 is 0. The predicted octanol–water partition coefficient (Wildman–Crippen LogP) is 2.03. The molecule has 1 unspecified atom stereocenters. The Balaban J connectivity index is 1.85. The molecule has 1 N–H and O–H groups in total. The van der Waals surface area contributed by atoms with E-state index in [4.69, 9.17) is 0 Å². The van der Waals surface area contributed by atoms with Gasteiger partial charge in [-0.3, -0.25) is 9.88 Å². The molecule has 3 heteroatoms. The number of fused-ring (bicyclic) bond motifs is 1. The lowest BCUT2D eigenvalue weighted by Gasteiger charge is -2.23. The first-order chi connectivity index (χ1) is 8.84. The standard InChI is InChI=1S/C15H19N3/c1-18(14-7-9-16-10-14)11-13-5-2-4-12-6-3-8-17-15(12)13/h2-6,8,14,16H,7,9-11H2,1H3. The summed E-state index contributed by atoms with van der Waals surface area (Å²) in [5.74, 6) is 0. The number of hydrogen-bond donors (Lipinski definition) is 1. The molecule has 1 saturated heterocycles. The minimum absolute atomic E-state index is 0.656. The van der Waals surface area contributed by atoms with Crippen molar-refractivity contribution in [3.63, 3.8) is 0 Å². The first-order valence-corrected chi connectivity index (χ1v) is 6.58. The molecule has 1 aliphatic heterocycles. The molecule has 18 heavy (non-hydrogen) atoms. The third-order valence-corrected chi connectivity index (χ3v) is 3.79. The number of benzene rings is 1. The summed E-state index contributed by atoms with van der Waals surface area (Å²) in [5, 5.41) is 4.65. The summed E-state index contributed by atoms with van der Waals surface area (Å²) in [6.07, 6.45) is 3.12. The molecule has 0 aliphatic carbocycles. The van der Waals surface area contributed by atoms with Gasteiger partial charge in [-0.25, -0.2) is 0 Å². The smallest absolute Gasteiger partial charge is 0.0746 e. The molecule has 94 valence electrons. The predicted molar refractivity (Wildman–Crippen MR) is 74.5 cm³/mol. The maximum atomic E-state index is 4.52. The Kier molecular flexibility index (Phi) is 3.26. The second kappa shape index (κ2) is 5.04. The van der Waals surface area contributed by atoms with Gasteiger partial charge in [0.1, 0.15) is 0 Å². The monoisotopic (exact) mass is 241 g/mol. The molecular weight excluding hydrogens is 222 g/mol. The zero-order valence-corrected chi connectivity index (χ0v) is 10.8. The minimum atomic E-state index is 0.656. The molecule has 1 fully saturated rings. The van der Waals surface area contributed by atoms with Gasteiger partial charge in [-0.15, -0.1) is 0 Å². The van der Waals surface area contributed by atoms with Crippen LogP contribution in [0.4, 0.5) is 0 Å². The van der Waals surface area contributed by atoms with Gasteiger partial charge < -0.3 is 5.32 Å². The zero-order valence-electron chi connectivity index (χ0n) is 10.8. The third-order valence-electron chi connectivity index (χ3n) is 3.79. The van der Waals surface area contributed by atoms with E-state index < -0.39 is 0 Å². The topological polar surface area (TPSA) is 28.2 Å². The maximum absolute atomic E-state index is 4.52. The van der Waals surface area contributed by atoms with E-state index in [0.717, 1.165) is 25.2 Å². The number of likely N-dealkylation sites (N-methyl/N-ethyl adjacent to an activating group) is 1. The van der Waals surface area contributed by atoms with Crippen molar-refractivity contribution in [3.05, 3.63) is 42.1 Å². The van der Waals surface area contributed by atoms with Crippen molar-refractivity contribution in [2.45, 2.75) is 19.0 Å². The van der Waals surface area contributed by atoms with Crippen LogP contribution in [0.1, 0.15) is 12.0 Å². The molecule has 0 amide bonds. The van der Waals surface area contributed by atoms with E-state index in [9.17, 15) is 0 Å². The van der Waals surface area contributed by atoms with Crippen LogP contribution in [0.15, 0.2) is 36.5 Å². The molecule has 1 aromatic carbocycles. The number of hydrogen-bond acceptors (Lipinski definition) is 3. The average Bonchev–Trinajstić information content (AvgIpc) is 2.93. The van der Waals surface area contributed by atoms with E-state index in [1.54, 1.807) is 0 Å². The Morgan fingerprint density at radius 3 is 3.06 bits per heavy atom. The van der Waals surface area contributed by atoms with Crippen LogP contribution in [0.25, 0.3) is 10.9 Å². The Morgan fingerprint density at radius 2 is 2.22 bits per heavy atom. The molecular formula is C15H19N3. The van der Waals surface area contributed by atoms with Crippen molar-refractivity contribution in [1.82, 2.24) is 15.2 Å². The highest BCUT2D eigenvalue weighted by molar-refractivity contribution is 5.81. The zero-order chi connectivity index (χ0) is 12.4. The van der Waals surface area contributed by atoms with Crippen molar-refractivity contribution in [2.24, 2.45) is 0 Å². The largest absolute Gasteiger partial charge is 0.315 e. The van der Waals surface area contributed by atoms with Gasteiger partial charge in [0, 0.05) is 30.7 Å². The normalized spacial score (nSPS) is 19.8. The highest BCUT2D eigenvalue weighted by atomic mass is 15.2. The Morgan fingerprint density at radius 1 is 1.33 bits per heavy atom. The highest BCUT2D eigenvalue weighted by Crippen LogP contribution is 2.19. The molecule has 1 aliphatic rings. The lowest BCUT2D eigenvalue weighted by molar-refractivity contribution is 0.249. The van der Waals surface area contributed by atoms with Gasteiger partial charge in [-0.05, 0) is 31.6 Å². The minimum Gasteiger partial charge on any atom is -0.315 e. The molecule has 0 spiro atoms. The van der Waals surface area contributed by atoms with Crippen LogP contribution in [-0.2, 0) is 6.54 Å². The van der Waals surface area contributed by atoms with Crippen LogP contribution in [0.2, 0.25) is 0 Å². The fourth-order valence-corrected chi connectivity index (χ4v) is 2.71. The fourth-order valence-electron chi connectivity index (χ4n) is 2.71. The van der Waals surface area contributed by atoms with Crippen molar-refractivity contribution < 1.29 is 0 Å². The number of nitrogens with zero attached hydrogens (tertiary/aromatic N) is 2. The van der Waals surface area contributed by atoms with Gasteiger partial charge in [0.25, 0.3) is 0 Å². The van der Waals surface area contributed by atoms with E-state index in [0.29, 0.717) is 6.04 Å². The summed E-state index contributed by atoms with van der Waals surface area (Å²) in [4.78, 5) is 6.95. The molecule has 1 atom stereocenters. The van der Waals surface area contributed by atoms with E-state index in [1.807, 2.05) is 12.3 Å². The molecule has 0 bridgehead atoms. The van der Waals surface area contributed by atoms with Gasteiger partial charge in [-0.2, -0.15) is 0 Å². The van der Waals surface area contributed by atoms with Gasteiger partial charge >= 0.3 is 0 Å². The average molecular weight is 241 g/mol. The van der Waals surface area contributed by atoms with E-state index in [1.165, 1.54) is 17.4 Å². The molecule has 0 radical (unpaired) electrons. The van der Waals surface area contributed by atoms with Crippen LogP contribution in [0.5, 0.6) is 0 Å². The summed E-state index contributed by atoms with van der Waals surface area (Å²) in [6, 6.07) is 11.2. The van der Waals surface area contributed by atoms with Crippen molar-refractivity contribution in [1.29, 1.82) is 0 Å². The first kappa shape index (κ1) is 11.6. The van der Waals surface area contributed by atoms with Crippen LogP contribution in [0.3, 0.4) is 0 Å². The molecule has 3 rings (SSSR count).